The predicted molar refractivity (Wildman–Crippen MR) is 85.8 cm³/mol. The summed E-state index contributed by atoms with van der Waals surface area (Å²) in [5.41, 5.74) is 12.0. The highest BCUT2D eigenvalue weighted by atomic mass is 79.9. The zero-order valence-electron chi connectivity index (χ0n) is 11.3. The van der Waals surface area contributed by atoms with Gasteiger partial charge in [0.2, 0.25) is 0 Å². The number of hydrogen-bond acceptors (Lipinski definition) is 1. The lowest BCUT2D eigenvalue weighted by atomic mass is 9.96. The van der Waals surface area contributed by atoms with E-state index in [0.29, 0.717) is 0 Å². The third kappa shape index (κ3) is 3.02. The molecule has 0 saturated heterocycles. The van der Waals surface area contributed by atoms with Crippen LogP contribution in [-0.4, -0.2) is 0 Å². The molecule has 100 valence electrons. The molecule has 0 spiro atoms. The zero-order valence-corrected chi connectivity index (χ0v) is 13.6. The molecule has 0 aliphatic rings. The molecule has 19 heavy (non-hydrogen) atoms. The Morgan fingerprint density at radius 3 is 2.26 bits per heavy atom. The summed E-state index contributed by atoms with van der Waals surface area (Å²) < 4.78 is 1.07. The summed E-state index contributed by atoms with van der Waals surface area (Å²) in [6, 6.07) is 10.0. The second-order valence-electron chi connectivity index (χ2n) is 4.94. The highest BCUT2D eigenvalue weighted by Gasteiger charge is 2.14. The van der Waals surface area contributed by atoms with Crippen molar-refractivity contribution in [2.24, 2.45) is 5.73 Å². The van der Waals surface area contributed by atoms with Crippen molar-refractivity contribution in [3.8, 4) is 0 Å². The molecule has 0 aromatic heterocycles. The average Bonchev–Trinajstić information content (AvgIpc) is 2.36. The summed E-state index contributed by atoms with van der Waals surface area (Å²) in [4.78, 5) is 0. The van der Waals surface area contributed by atoms with Crippen LogP contribution in [0.15, 0.2) is 34.8 Å². The molecule has 0 fully saturated rings. The Hall–Kier alpha value is -0.830. The van der Waals surface area contributed by atoms with Gasteiger partial charge in [0.25, 0.3) is 0 Å². The van der Waals surface area contributed by atoms with Gasteiger partial charge in [-0.3, -0.25) is 0 Å². The fourth-order valence-corrected chi connectivity index (χ4v) is 2.76. The van der Waals surface area contributed by atoms with Crippen LogP contribution in [0.3, 0.4) is 0 Å². The highest BCUT2D eigenvalue weighted by molar-refractivity contribution is 9.10. The van der Waals surface area contributed by atoms with Gasteiger partial charge in [0.1, 0.15) is 0 Å². The fourth-order valence-electron chi connectivity index (χ4n) is 2.02. The van der Waals surface area contributed by atoms with Gasteiger partial charge < -0.3 is 5.73 Å². The molecule has 0 saturated carbocycles. The first kappa shape index (κ1) is 14.6. The van der Waals surface area contributed by atoms with E-state index in [9.17, 15) is 0 Å². The first-order valence-corrected chi connectivity index (χ1v) is 7.35. The summed E-state index contributed by atoms with van der Waals surface area (Å²) in [6.07, 6.45) is 0. The lowest BCUT2D eigenvalue weighted by Crippen LogP contribution is -2.13. The summed E-state index contributed by atoms with van der Waals surface area (Å²) in [7, 11) is 0. The molecule has 0 radical (unpaired) electrons. The van der Waals surface area contributed by atoms with E-state index in [4.69, 9.17) is 17.3 Å². The van der Waals surface area contributed by atoms with Gasteiger partial charge in [-0.15, -0.1) is 0 Å². The highest BCUT2D eigenvalue weighted by Crippen LogP contribution is 2.30. The molecule has 0 bridgehead atoms. The molecular weight excluding hydrogens is 322 g/mol. The summed E-state index contributed by atoms with van der Waals surface area (Å²) >= 11 is 9.87. The number of nitrogens with two attached hydrogens (primary N) is 1. The second-order valence-corrected chi connectivity index (χ2v) is 6.21. The van der Waals surface area contributed by atoms with E-state index in [0.717, 1.165) is 20.6 Å². The van der Waals surface area contributed by atoms with E-state index >= 15 is 0 Å². The molecule has 0 aliphatic heterocycles. The molecule has 3 heteroatoms. The zero-order chi connectivity index (χ0) is 14.2. The molecule has 0 amide bonds. The maximum Gasteiger partial charge on any atom is 0.0566 e. The van der Waals surface area contributed by atoms with Crippen molar-refractivity contribution >= 4 is 27.5 Å². The van der Waals surface area contributed by atoms with Crippen LogP contribution < -0.4 is 5.73 Å². The molecule has 2 aromatic rings. The van der Waals surface area contributed by atoms with Crippen molar-refractivity contribution in [3.05, 3.63) is 67.6 Å². The van der Waals surface area contributed by atoms with E-state index in [1.165, 1.54) is 16.7 Å². The Morgan fingerprint density at radius 1 is 1.00 bits per heavy atom. The van der Waals surface area contributed by atoms with Crippen LogP contribution in [0.4, 0.5) is 0 Å². The molecule has 0 heterocycles. The molecule has 1 unspecified atom stereocenters. The molecule has 2 rings (SSSR count). The minimum absolute atomic E-state index is 0.205. The van der Waals surface area contributed by atoms with Crippen LogP contribution in [0, 0.1) is 20.8 Å². The third-order valence-corrected chi connectivity index (χ3v) is 4.68. The van der Waals surface area contributed by atoms with Gasteiger partial charge in [0.05, 0.1) is 6.04 Å². The maximum absolute atomic E-state index is 6.35. The van der Waals surface area contributed by atoms with Crippen molar-refractivity contribution in [2.45, 2.75) is 26.8 Å². The first-order chi connectivity index (χ1) is 8.90. The Labute approximate surface area is 127 Å². The lowest BCUT2D eigenvalue weighted by molar-refractivity contribution is 0.867. The SMILES string of the molecule is Cc1cc(Cl)c(C(N)c2ccc(C)c(Br)c2)cc1C. The van der Waals surface area contributed by atoms with Crippen LogP contribution in [-0.2, 0) is 0 Å². The van der Waals surface area contributed by atoms with Crippen LogP contribution in [0.1, 0.15) is 33.9 Å². The summed E-state index contributed by atoms with van der Waals surface area (Å²) in [5, 5.41) is 0.729. The third-order valence-electron chi connectivity index (χ3n) is 3.50. The van der Waals surface area contributed by atoms with Crippen LogP contribution >= 0.6 is 27.5 Å². The normalized spacial score (nSPS) is 12.5. The Kier molecular flexibility index (Phi) is 4.34. The van der Waals surface area contributed by atoms with E-state index in [1.54, 1.807) is 0 Å². The number of halogens is 2. The molecule has 2 N–H and O–H groups in total. The van der Waals surface area contributed by atoms with E-state index in [-0.39, 0.29) is 6.04 Å². The Morgan fingerprint density at radius 2 is 1.63 bits per heavy atom. The minimum Gasteiger partial charge on any atom is -0.320 e. The van der Waals surface area contributed by atoms with Crippen molar-refractivity contribution in [2.75, 3.05) is 0 Å². The van der Waals surface area contributed by atoms with Gasteiger partial charge in [-0.05, 0) is 60.7 Å². The summed E-state index contributed by atoms with van der Waals surface area (Å²) in [5.74, 6) is 0. The Bertz CT molecular complexity index is 622. The van der Waals surface area contributed by atoms with Crippen molar-refractivity contribution in [1.82, 2.24) is 0 Å². The smallest absolute Gasteiger partial charge is 0.0566 e. The quantitative estimate of drug-likeness (QED) is 0.812. The van der Waals surface area contributed by atoms with Crippen molar-refractivity contribution < 1.29 is 0 Å². The van der Waals surface area contributed by atoms with E-state index in [1.807, 2.05) is 6.07 Å². The van der Waals surface area contributed by atoms with Crippen LogP contribution in [0.5, 0.6) is 0 Å². The lowest BCUT2D eigenvalue weighted by Gasteiger charge is -2.17. The topological polar surface area (TPSA) is 26.0 Å². The van der Waals surface area contributed by atoms with Crippen molar-refractivity contribution in [3.63, 3.8) is 0 Å². The fraction of sp³-hybridized carbons (Fsp3) is 0.250. The second kappa shape index (κ2) is 5.66. The van der Waals surface area contributed by atoms with Gasteiger partial charge >= 0.3 is 0 Å². The number of benzene rings is 2. The van der Waals surface area contributed by atoms with Crippen molar-refractivity contribution in [1.29, 1.82) is 0 Å². The van der Waals surface area contributed by atoms with Crippen LogP contribution in [0.25, 0.3) is 0 Å². The Balaban J connectivity index is 2.46. The number of aryl methyl sites for hydroxylation is 3. The van der Waals surface area contributed by atoms with Gasteiger partial charge in [-0.25, -0.2) is 0 Å². The van der Waals surface area contributed by atoms with Gasteiger partial charge in [-0.2, -0.15) is 0 Å². The molecule has 2 aromatic carbocycles. The standard InChI is InChI=1S/C16H17BrClN/c1-9-4-5-12(8-14(9)17)16(19)13-6-10(2)11(3)7-15(13)18/h4-8,16H,19H2,1-3H3. The van der Waals surface area contributed by atoms with E-state index < -0.39 is 0 Å². The molecule has 1 atom stereocenters. The maximum atomic E-state index is 6.35. The largest absolute Gasteiger partial charge is 0.320 e. The number of hydrogen-bond donors (Lipinski definition) is 1. The molecule has 1 nitrogen and oxygen atoms in total. The van der Waals surface area contributed by atoms with Gasteiger partial charge in [0.15, 0.2) is 0 Å². The molecule has 0 aliphatic carbocycles. The van der Waals surface area contributed by atoms with Crippen LogP contribution in [0.2, 0.25) is 5.02 Å². The summed E-state index contributed by atoms with van der Waals surface area (Å²) in [6.45, 7) is 6.19. The number of rotatable bonds is 2. The van der Waals surface area contributed by atoms with Gasteiger partial charge in [-0.1, -0.05) is 45.7 Å². The van der Waals surface area contributed by atoms with Gasteiger partial charge in [0, 0.05) is 9.50 Å². The molecular formula is C16H17BrClN. The first-order valence-electron chi connectivity index (χ1n) is 6.18. The predicted octanol–water partition coefficient (Wildman–Crippen LogP) is 5.08. The average molecular weight is 339 g/mol. The van der Waals surface area contributed by atoms with E-state index in [2.05, 4.69) is 61.0 Å². The monoisotopic (exact) mass is 337 g/mol. The minimum atomic E-state index is -0.205.